The van der Waals surface area contributed by atoms with E-state index < -0.39 is 97.5 Å². The van der Waals surface area contributed by atoms with Crippen molar-refractivity contribution in [3.8, 4) is 0 Å². The Kier molecular flexibility index (Phi) is 58.5. The molecule has 17 nitrogen and oxygen atoms in total. The molecule has 0 heterocycles. The number of rotatable bonds is 67. The molecule has 0 aromatic heterocycles. The summed E-state index contributed by atoms with van der Waals surface area (Å²) in [4.78, 5) is 72.5. The third-order valence-electron chi connectivity index (χ3n) is 16.8. The van der Waals surface area contributed by atoms with Crippen LogP contribution in [0.1, 0.15) is 344 Å². The second kappa shape index (κ2) is 59.8. The molecule has 0 saturated carbocycles. The molecule has 0 bridgehead atoms. The number of ether oxygens (including phenoxy) is 4. The number of unbranched alkanes of at least 4 members (excludes halogenated alkanes) is 31. The molecule has 89 heavy (non-hydrogen) atoms. The quantitative estimate of drug-likeness (QED) is 0.0222. The molecule has 0 aliphatic heterocycles. The van der Waals surface area contributed by atoms with Gasteiger partial charge >= 0.3 is 39.5 Å². The summed E-state index contributed by atoms with van der Waals surface area (Å²) in [5, 5.41) is 10.6. The van der Waals surface area contributed by atoms with Gasteiger partial charge < -0.3 is 33.8 Å². The van der Waals surface area contributed by atoms with Crippen molar-refractivity contribution >= 4 is 39.5 Å². The van der Waals surface area contributed by atoms with Crippen LogP contribution in [0.3, 0.4) is 0 Å². The fourth-order valence-corrected chi connectivity index (χ4v) is 12.0. The number of aliphatic hydroxyl groups is 1. The van der Waals surface area contributed by atoms with Crippen molar-refractivity contribution in [3.63, 3.8) is 0 Å². The minimum absolute atomic E-state index is 0.103. The van der Waals surface area contributed by atoms with Crippen LogP contribution < -0.4 is 0 Å². The number of phosphoric acid groups is 2. The Morgan fingerprint density at radius 3 is 0.798 bits per heavy atom. The Hall–Kier alpha value is -1.94. The van der Waals surface area contributed by atoms with Gasteiger partial charge in [-0.2, -0.15) is 0 Å². The highest BCUT2D eigenvalue weighted by atomic mass is 31.2. The van der Waals surface area contributed by atoms with Crippen LogP contribution in [0.2, 0.25) is 0 Å². The lowest BCUT2D eigenvalue weighted by Crippen LogP contribution is -2.30. The average molecular weight is 1310 g/mol. The lowest BCUT2D eigenvalue weighted by molar-refractivity contribution is -0.161. The van der Waals surface area contributed by atoms with Crippen LogP contribution in [-0.2, 0) is 65.4 Å². The molecule has 5 unspecified atom stereocenters. The van der Waals surface area contributed by atoms with Gasteiger partial charge in [0.1, 0.15) is 19.3 Å². The number of aliphatic hydroxyl groups excluding tert-OH is 1. The third kappa shape index (κ3) is 62.0. The van der Waals surface area contributed by atoms with Gasteiger partial charge in [-0.25, -0.2) is 9.13 Å². The lowest BCUT2D eigenvalue weighted by atomic mass is 9.99. The predicted octanol–water partition coefficient (Wildman–Crippen LogP) is 19.7. The average Bonchev–Trinajstić information content (AvgIpc) is 3.66. The smallest absolute Gasteiger partial charge is 0.462 e. The van der Waals surface area contributed by atoms with Crippen molar-refractivity contribution in [1.82, 2.24) is 0 Å². The van der Waals surface area contributed by atoms with E-state index in [4.69, 9.17) is 37.0 Å². The molecule has 0 rings (SSSR count). The van der Waals surface area contributed by atoms with Gasteiger partial charge in [0.25, 0.3) is 0 Å². The first kappa shape index (κ1) is 87.1. The Labute approximate surface area is 543 Å². The summed E-state index contributed by atoms with van der Waals surface area (Å²) in [5.74, 6) is 0.903. The maximum Gasteiger partial charge on any atom is 0.472 e. The van der Waals surface area contributed by atoms with Crippen LogP contribution in [0.5, 0.6) is 0 Å². The molecule has 0 fully saturated rings. The van der Waals surface area contributed by atoms with E-state index in [0.717, 1.165) is 108 Å². The van der Waals surface area contributed by atoms with E-state index in [2.05, 4.69) is 55.4 Å². The van der Waals surface area contributed by atoms with Crippen LogP contribution in [0, 0.1) is 23.7 Å². The molecule has 0 spiro atoms. The van der Waals surface area contributed by atoms with Crippen molar-refractivity contribution in [2.24, 2.45) is 23.7 Å². The monoisotopic (exact) mass is 1310 g/mol. The molecule has 0 aromatic rings. The normalized spacial score (nSPS) is 14.9. The maximum atomic E-state index is 13.0. The highest BCUT2D eigenvalue weighted by Crippen LogP contribution is 2.45. The molecule has 0 aliphatic carbocycles. The second-order valence-electron chi connectivity index (χ2n) is 26.7. The SMILES string of the molecule is CCC(C)CCCCCCCCCCCCC(=O)OC[C@H](COP(=O)(O)OCC(O)COP(=O)(O)OC[C@@H](COC(=O)CCCCCCCCCCC(C)C)OC(=O)CCCCCCCCCCCCC(C)CC)OC(=O)CCCCCCCCCC(C)C. The van der Waals surface area contributed by atoms with Gasteiger partial charge in [0.2, 0.25) is 0 Å². The Morgan fingerprint density at radius 1 is 0.315 bits per heavy atom. The first-order valence-electron chi connectivity index (χ1n) is 36.3. The standard InChI is InChI=1S/C70H136O17P2/c1-9-62(7)48-40-32-24-15-11-13-17-26-34-42-50-67(72)80-57-66(87-70(75)53-45-37-29-21-23-31-39-47-61(5)6)59-85-89(78,79)83-55-64(71)54-82-88(76,77)84-58-65(56-81-68(73)51-43-35-27-20-19-22-30-38-46-60(3)4)86-69(74)52-44-36-28-18-14-12-16-25-33-41-49-63(8)10-2/h60-66,71H,9-59H2,1-8H3,(H,76,77)(H,78,79)/t62?,63?,64?,65-,66-/m1/s1. The summed E-state index contributed by atoms with van der Waals surface area (Å²) >= 11 is 0. The van der Waals surface area contributed by atoms with Gasteiger partial charge in [-0.05, 0) is 49.4 Å². The van der Waals surface area contributed by atoms with Crippen LogP contribution in [0.4, 0.5) is 0 Å². The molecular weight excluding hydrogens is 1170 g/mol. The van der Waals surface area contributed by atoms with E-state index in [1.807, 2.05) is 0 Å². The molecular formula is C70H136O17P2. The zero-order valence-corrected chi connectivity index (χ0v) is 59.8. The van der Waals surface area contributed by atoms with Gasteiger partial charge in [0.05, 0.1) is 26.4 Å². The zero-order chi connectivity index (χ0) is 66.1. The number of hydrogen-bond donors (Lipinski definition) is 3. The summed E-state index contributed by atoms with van der Waals surface area (Å²) in [6.07, 6.45) is 41.6. The largest absolute Gasteiger partial charge is 0.472 e. The van der Waals surface area contributed by atoms with Gasteiger partial charge in [-0.15, -0.1) is 0 Å². The van der Waals surface area contributed by atoms with E-state index in [1.54, 1.807) is 0 Å². The molecule has 19 heteroatoms. The van der Waals surface area contributed by atoms with E-state index in [9.17, 15) is 43.2 Å². The van der Waals surface area contributed by atoms with E-state index in [0.29, 0.717) is 31.6 Å². The number of esters is 4. The third-order valence-corrected chi connectivity index (χ3v) is 18.7. The Bertz CT molecular complexity index is 1770. The van der Waals surface area contributed by atoms with Crippen molar-refractivity contribution in [2.75, 3.05) is 39.6 Å². The summed E-state index contributed by atoms with van der Waals surface area (Å²) in [6.45, 7) is 14.1. The van der Waals surface area contributed by atoms with Crippen LogP contribution in [-0.4, -0.2) is 96.7 Å². The summed E-state index contributed by atoms with van der Waals surface area (Å²) in [6, 6.07) is 0. The van der Waals surface area contributed by atoms with Crippen molar-refractivity contribution in [3.05, 3.63) is 0 Å². The second-order valence-corrected chi connectivity index (χ2v) is 29.6. The van der Waals surface area contributed by atoms with Crippen molar-refractivity contribution in [1.29, 1.82) is 0 Å². The highest BCUT2D eigenvalue weighted by Gasteiger charge is 2.30. The zero-order valence-electron chi connectivity index (χ0n) is 58.1. The predicted molar refractivity (Wildman–Crippen MR) is 358 cm³/mol. The van der Waals surface area contributed by atoms with E-state index >= 15 is 0 Å². The number of hydrogen-bond acceptors (Lipinski definition) is 15. The molecule has 528 valence electrons. The topological polar surface area (TPSA) is 237 Å². The molecule has 0 radical (unpaired) electrons. The highest BCUT2D eigenvalue weighted by molar-refractivity contribution is 7.47. The molecule has 0 aliphatic rings. The minimum Gasteiger partial charge on any atom is -0.462 e. The van der Waals surface area contributed by atoms with Crippen LogP contribution in [0.25, 0.3) is 0 Å². The van der Waals surface area contributed by atoms with Gasteiger partial charge in [0.15, 0.2) is 12.2 Å². The number of carbonyl (C=O) groups is 4. The van der Waals surface area contributed by atoms with Gasteiger partial charge in [-0.3, -0.25) is 37.3 Å². The first-order chi connectivity index (χ1) is 42.7. The minimum atomic E-state index is -4.95. The summed E-state index contributed by atoms with van der Waals surface area (Å²) < 4.78 is 68.3. The lowest BCUT2D eigenvalue weighted by Gasteiger charge is -2.21. The molecule has 0 aromatic carbocycles. The Balaban J connectivity index is 5.25. The van der Waals surface area contributed by atoms with Crippen LogP contribution in [0.15, 0.2) is 0 Å². The van der Waals surface area contributed by atoms with Crippen molar-refractivity contribution in [2.45, 2.75) is 363 Å². The summed E-state index contributed by atoms with van der Waals surface area (Å²) in [7, 11) is -9.90. The van der Waals surface area contributed by atoms with E-state index in [-0.39, 0.29) is 25.7 Å². The number of carbonyl (C=O) groups excluding carboxylic acids is 4. The molecule has 0 amide bonds. The molecule has 7 atom stereocenters. The van der Waals surface area contributed by atoms with Gasteiger partial charge in [-0.1, -0.05) is 293 Å². The fourth-order valence-electron chi connectivity index (χ4n) is 10.4. The van der Waals surface area contributed by atoms with Crippen molar-refractivity contribution < 1.29 is 80.2 Å². The first-order valence-corrected chi connectivity index (χ1v) is 39.3. The fraction of sp³-hybridized carbons (Fsp3) is 0.943. The maximum absolute atomic E-state index is 13.0. The summed E-state index contributed by atoms with van der Waals surface area (Å²) in [5.41, 5.74) is 0. The Morgan fingerprint density at radius 2 is 0.539 bits per heavy atom. The van der Waals surface area contributed by atoms with Crippen LogP contribution >= 0.6 is 15.6 Å². The van der Waals surface area contributed by atoms with E-state index in [1.165, 1.54) is 148 Å². The van der Waals surface area contributed by atoms with Gasteiger partial charge in [0, 0.05) is 25.7 Å². The number of phosphoric ester groups is 2. The molecule has 3 N–H and O–H groups in total. The molecule has 0 saturated heterocycles.